The molecule has 2 nitrogen and oxygen atoms in total. The summed E-state index contributed by atoms with van der Waals surface area (Å²) in [4.78, 5) is 4.46. The molecule has 0 saturated carbocycles. The fourth-order valence-electron chi connectivity index (χ4n) is 0.766. The molecular formula is C7H10F2N2S. The van der Waals surface area contributed by atoms with Crippen molar-refractivity contribution in [2.45, 2.75) is 19.4 Å². The predicted molar refractivity (Wildman–Crippen MR) is 44.4 cm³/mol. The molecule has 0 bridgehead atoms. The Morgan fingerprint density at radius 1 is 1.67 bits per heavy atom. The Hall–Kier alpha value is -0.550. The average Bonchev–Trinajstić information content (AvgIpc) is 2.35. The molecule has 0 aromatic carbocycles. The van der Waals surface area contributed by atoms with Gasteiger partial charge in [-0.2, -0.15) is 8.78 Å². The van der Waals surface area contributed by atoms with Crippen LogP contribution < -0.4 is 5.32 Å². The zero-order valence-electron chi connectivity index (χ0n) is 6.90. The van der Waals surface area contributed by atoms with Crippen LogP contribution in [0.25, 0.3) is 0 Å². The fraction of sp³-hybridized carbons (Fsp3) is 0.571. The van der Waals surface area contributed by atoms with Gasteiger partial charge >= 0.3 is 0 Å². The van der Waals surface area contributed by atoms with Crippen molar-refractivity contribution in [1.29, 1.82) is 0 Å². The highest BCUT2D eigenvalue weighted by Crippen LogP contribution is 2.30. The van der Waals surface area contributed by atoms with Crippen LogP contribution in [0.5, 0.6) is 0 Å². The highest BCUT2D eigenvalue weighted by atomic mass is 32.1. The van der Waals surface area contributed by atoms with E-state index in [-0.39, 0.29) is 5.01 Å². The Bertz CT molecular complexity index is 254. The van der Waals surface area contributed by atoms with E-state index in [1.54, 1.807) is 7.05 Å². The van der Waals surface area contributed by atoms with E-state index in [4.69, 9.17) is 0 Å². The summed E-state index contributed by atoms with van der Waals surface area (Å²) >= 11 is 1.04. The van der Waals surface area contributed by atoms with Gasteiger partial charge in [-0.25, -0.2) is 4.98 Å². The van der Waals surface area contributed by atoms with Crippen molar-refractivity contribution in [3.8, 4) is 0 Å². The van der Waals surface area contributed by atoms with E-state index in [0.717, 1.165) is 23.1 Å². The molecule has 0 aliphatic carbocycles. The quantitative estimate of drug-likeness (QED) is 0.792. The number of nitrogens with zero attached hydrogens (tertiary/aromatic N) is 1. The molecule has 0 fully saturated rings. The number of thiazole rings is 1. The third-order valence-corrected chi connectivity index (χ3v) is 2.45. The molecule has 1 heterocycles. The van der Waals surface area contributed by atoms with Gasteiger partial charge in [-0.1, -0.05) is 0 Å². The van der Waals surface area contributed by atoms with Crippen LogP contribution in [-0.2, 0) is 12.5 Å². The van der Waals surface area contributed by atoms with Crippen molar-refractivity contribution in [1.82, 2.24) is 10.3 Å². The molecule has 0 aliphatic heterocycles. The lowest BCUT2D eigenvalue weighted by atomic mass is 10.4. The van der Waals surface area contributed by atoms with Crippen molar-refractivity contribution < 1.29 is 8.78 Å². The number of nitrogens with one attached hydrogen (secondary N) is 1. The Morgan fingerprint density at radius 2 is 2.33 bits per heavy atom. The fourth-order valence-corrected chi connectivity index (χ4v) is 1.62. The number of halogens is 2. The molecule has 1 aromatic rings. The van der Waals surface area contributed by atoms with Gasteiger partial charge in [0.15, 0.2) is 5.01 Å². The van der Waals surface area contributed by atoms with E-state index in [0.29, 0.717) is 6.54 Å². The van der Waals surface area contributed by atoms with E-state index >= 15 is 0 Å². The van der Waals surface area contributed by atoms with Crippen molar-refractivity contribution in [2.24, 2.45) is 0 Å². The van der Waals surface area contributed by atoms with Gasteiger partial charge in [0, 0.05) is 24.5 Å². The van der Waals surface area contributed by atoms with Crippen LogP contribution in [0.2, 0.25) is 0 Å². The maximum Gasteiger partial charge on any atom is 0.296 e. The Labute approximate surface area is 73.6 Å². The lowest BCUT2D eigenvalue weighted by Crippen LogP contribution is -2.05. The molecule has 12 heavy (non-hydrogen) atoms. The molecule has 0 unspecified atom stereocenters. The smallest absolute Gasteiger partial charge is 0.296 e. The van der Waals surface area contributed by atoms with Crippen LogP contribution in [0.15, 0.2) is 6.20 Å². The van der Waals surface area contributed by atoms with E-state index in [9.17, 15) is 8.78 Å². The van der Waals surface area contributed by atoms with E-state index in [1.807, 2.05) is 0 Å². The lowest BCUT2D eigenvalue weighted by Gasteiger charge is -2.03. The maximum atomic E-state index is 12.6. The first-order valence-electron chi connectivity index (χ1n) is 3.51. The zero-order valence-corrected chi connectivity index (χ0v) is 7.71. The van der Waals surface area contributed by atoms with Gasteiger partial charge in [0.05, 0.1) is 0 Å². The zero-order chi connectivity index (χ0) is 9.19. The summed E-state index contributed by atoms with van der Waals surface area (Å²) in [6.07, 6.45) is 1.48. The summed E-state index contributed by atoms with van der Waals surface area (Å²) in [5.41, 5.74) is 0. The third-order valence-electron chi connectivity index (χ3n) is 1.28. The number of alkyl halides is 2. The first-order chi connectivity index (χ1) is 5.54. The van der Waals surface area contributed by atoms with Gasteiger partial charge in [0.2, 0.25) is 0 Å². The van der Waals surface area contributed by atoms with Crippen molar-refractivity contribution in [2.75, 3.05) is 7.05 Å². The minimum absolute atomic E-state index is 0.118. The van der Waals surface area contributed by atoms with Crippen LogP contribution >= 0.6 is 11.3 Å². The minimum Gasteiger partial charge on any atom is -0.315 e. The number of rotatable bonds is 3. The van der Waals surface area contributed by atoms with Crippen molar-refractivity contribution >= 4 is 11.3 Å². The molecule has 68 valence electrons. The largest absolute Gasteiger partial charge is 0.315 e. The second kappa shape index (κ2) is 3.45. The standard InChI is InChI=1S/C7H10F2N2S/c1-7(8,9)6-11-4-5(12-6)3-10-2/h4,10H,3H2,1-2H3. The number of hydrogen-bond acceptors (Lipinski definition) is 3. The molecule has 5 heteroatoms. The van der Waals surface area contributed by atoms with Gasteiger partial charge in [-0.15, -0.1) is 11.3 Å². The molecule has 0 spiro atoms. The molecule has 1 N–H and O–H groups in total. The monoisotopic (exact) mass is 192 g/mol. The highest BCUT2D eigenvalue weighted by molar-refractivity contribution is 7.11. The first-order valence-corrected chi connectivity index (χ1v) is 4.33. The molecule has 0 saturated heterocycles. The van der Waals surface area contributed by atoms with Crippen molar-refractivity contribution in [3.05, 3.63) is 16.1 Å². The van der Waals surface area contributed by atoms with Crippen LogP contribution in [0.4, 0.5) is 8.78 Å². The van der Waals surface area contributed by atoms with Gasteiger partial charge in [-0.3, -0.25) is 0 Å². The third kappa shape index (κ3) is 2.22. The molecule has 0 atom stereocenters. The van der Waals surface area contributed by atoms with Gasteiger partial charge in [0.1, 0.15) is 0 Å². The Morgan fingerprint density at radius 3 is 2.75 bits per heavy atom. The molecular weight excluding hydrogens is 182 g/mol. The topological polar surface area (TPSA) is 24.9 Å². The number of aromatic nitrogens is 1. The van der Waals surface area contributed by atoms with Crippen LogP contribution in [0.1, 0.15) is 16.8 Å². The summed E-state index contributed by atoms with van der Waals surface area (Å²) < 4.78 is 25.3. The molecule has 1 rings (SSSR count). The normalized spacial score (nSPS) is 12.0. The maximum absolute atomic E-state index is 12.6. The summed E-state index contributed by atoms with van der Waals surface area (Å²) in [7, 11) is 1.77. The summed E-state index contributed by atoms with van der Waals surface area (Å²) in [5.74, 6) is -2.81. The van der Waals surface area contributed by atoms with E-state index in [2.05, 4.69) is 10.3 Å². The van der Waals surface area contributed by atoms with Crippen LogP contribution in [0, 0.1) is 0 Å². The van der Waals surface area contributed by atoms with Crippen LogP contribution in [-0.4, -0.2) is 12.0 Å². The van der Waals surface area contributed by atoms with Gasteiger partial charge < -0.3 is 5.32 Å². The van der Waals surface area contributed by atoms with E-state index < -0.39 is 5.92 Å². The second-order valence-electron chi connectivity index (χ2n) is 2.55. The van der Waals surface area contributed by atoms with Crippen molar-refractivity contribution in [3.63, 3.8) is 0 Å². The molecule has 0 amide bonds. The molecule has 1 aromatic heterocycles. The lowest BCUT2D eigenvalue weighted by molar-refractivity contribution is 0.0172. The SMILES string of the molecule is CNCc1cnc(C(C)(F)F)s1. The number of hydrogen-bond donors (Lipinski definition) is 1. The first kappa shape index (κ1) is 9.54. The minimum atomic E-state index is -2.81. The Balaban J connectivity index is 2.77. The summed E-state index contributed by atoms with van der Waals surface area (Å²) in [5, 5.41) is 2.76. The average molecular weight is 192 g/mol. The van der Waals surface area contributed by atoms with E-state index in [1.165, 1.54) is 6.20 Å². The van der Waals surface area contributed by atoms with Crippen LogP contribution in [0.3, 0.4) is 0 Å². The summed E-state index contributed by atoms with van der Waals surface area (Å²) in [6, 6.07) is 0. The predicted octanol–water partition coefficient (Wildman–Crippen LogP) is 1.97. The summed E-state index contributed by atoms with van der Waals surface area (Å²) in [6.45, 7) is 1.45. The Kier molecular flexibility index (Phi) is 2.74. The highest BCUT2D eigenvalue weighted by Gasteiger charge is 2.28. The second-order valence-corrected chi connectivity index (χ2v) is 3.67. The van der Waals surface area contributed by atoms with Gasteiger partial charge in [-0.05, 0) is 7.05 Å². The van der Waals surface area contributed by atoms with Gasteiger partial charge in [0.25, 0.3) is 5.92 Å². The molecule has 0 radical (unpaired) electrons. The molecule has 0 aliphatic rings.